The van der Waals surface area contributed by atoms with Crippen LogP contribution in [0.1, 0.15) is 24.2 Å². The van der Waals surface area contributed by atoms with Crippen LogP contribution in [0.4, 0.5) is 10.1 Å². The minimum absolute atomic E-state index is 0.356. The van der Waals surface area contributed by atoms with Crippen molar-refractivity contribution >= 4 is 11.6 Å². The quantitative estimate of drug-likeness (QED) is 0.899. The van der Waals surface area contributed by atoms with Gasteiger partial charge in [0.25, 0.3) is 5.91 Å². The van der Waals surface area contributed by atoms with Crippen molar-refractivity contribution < 1.29 is 14.3 Å². The van der Waals surface area contributed by atoms with Crippen LogP contribution in [0.2, 0.25) is 0 Å². The smallest absolute Gasteiger partial charge is 0.257 e. The molecule has 1 unspecified atom stereocenters. The van der Waals surface area contributed by atoms with Crippen molar-refractivity contribution in [3.8, 4) is 0 Å². The van der Waals surface area contributed by atoms with Crippen LogP contribution in [-0.4, -0.2) is 11.0 Å². The molecule has 2 N–H and O–H groups in total. The monoisotopic (exact) mass is 273 g/mol. The summed E-state index contributed by atoms with van der Waals surface area (Å²) in [6.07, 6.45) is -0.395. The van der Waals surface area contributed by atoms with Gasteiger partial charge in [0.1, 0.15) is 5.82 Å². The summed E-state index contributed by atoms with van der Waals surface area (Å²) in [7, 11) is 0. The van der Waals surface area contributed by atoms with Crippen LogP contribution in [0.15, 0.2) is 48.5 Å². The topological polar surface area (TPSA) is 49.3 Å². The van der Waals surface area contributed by atoms with Crippen LogP contribution in [0.5, 0.6) is 0 Å². The van der Waals surface area contributed by atoms with Crippen LogP contribution >= 0.6 is 0 Å². The summed E-state index contributed by atoms with van der Waals surface area (Å²) in [5.41, 5.74) is 2.14. The molecule has 1 amide bonds. The van der Waals surface area contributed by atoms with Crippen LogP contribution in [0, 0.1) is 5.82 Å². The maximum atomic E-state index is 12.8. The van der Waals surface area contributed by atoms with E-state index in [2.05, 4.69) is 5.32 Å². The molecule has 20 heavy (non-hydrogen) atoms. The maximum absolute atomic E-state index is 12.8. The first-order chi connectivity index (χ1) is 9.60. The molecule has 0 saturated heterocycles. The summed E-state index contributed by atoms with van der Waals surface area (Å²) in [5, 5.41) is 12.5. The molecule has 0 aliphatic rings. The molecule has 2 aromatic rings. The molecule has 2 rings (SSSR count). The van der Waals surface area contributed by atoms with E-state index in [0.717, 1.165) is 6.42 Å². The van der Waals surface area contributed by atoms with Gasteiger partial charge in [-0.3, -0.25) is 4.79 Å². The van der Waals surface area contributed by atoms with Crippen molar-refractivity contribution in [2.75, 3.05) is 5.32 Å². The van der Waals surface area contributed by atoms with Crippen molar-refractivity contribution in [2.45, 2.75) is 19.4 Å². The second-order valence-electron chi connectivity index (χ2n) is 4.49. The third kappa shape index (κ3) is 3.42. The van der Waals surface area contributed by atoms with Crippen molar-refractivity contribution in [1.82, 2.24) is 0 Å². The number of carbonyl (C=O) groups is 1. The summed E-state index contributed by atoms with van der Waals surface area (Å²) >= 11 is 0. The van der Waals surface area contributed by atoms with E-state index in [-0.39, 0.29) is 0 Å². The molecule has 104 valence electrons. The van der Waals surface area contributed by atoms with Crippen LogP contribution < -0.4 is 5.32 Å². The number of rotatable bonds is 4. The minimum atomic E-state index is -1.32. The van der Waals surface area contributed by atoms with Gasteiger partial charge in [0.2, 0.25) is 0 Å². The molecule has 0 spiro atoms. The SMILES string of the molecule is CCc1ccc(NC(=O)C(O)c2ccc(F)cc2)cc1. The van der Waals surface area contributed by atoms with E-state index in [1.165, 1.54) is 29.8 Å². The number of aryl methyl sites for hydroxylation is 1. The normalized spacial score (nSPS) is 11.9. The Morgan fingerprint density at radius 2 is 1.75 bits per heavy atom. The first-order valence-corrected chi connectivity index (χ1v) is 6.43. The lowest BCUT2D eigenvalue weighted by Crippen LogP contribution is -2.20. The number of halogens is 1. The highest BCUT2D eigenvalue weighted by molar-refractivity contribution is 5.94. The molecule has 0 aliphatic carbocycles. The third-order valence-corrected chi connectivity index (χ3v) is 3.06. The van der Waals surface area contributed by atoms with Crippen molar-refractivity contribution in [1.29, 1.82) is 0 Å². The molecular formula is C16H16FNO2. The molecule has 0 radical (unpaired) electrons. The van der Waals surface area contributed by atoms with E-state index >= 15 is 0 Å². The van der Waals surface area contributed by atoms with E-state index in [1.807, 2.05) is 19.1 Å². The molecule has 0 heterocycles. The number of aliphatic hydroxyl groups is 1. The summed E-state index contributed by atoms with van der Waals surface area (Å²) in [6, 6.07) is 12.6. The Labute approximate surface area is 117 Å². The molecule has 4 heteroatoms. The van der Waals surface area contributed by atoms with E-state index in [4.69, 9.17) is 0 Å². The zero-order valence-corrected chi connectivity index (χ0v) is 11.1. The van der Waals surface area contributed by atoms with Crippen LogP contribution in [-0.2, 0) is 11.2 Å². The van der Waals surface area contributed by atoms with Gasteiger partial charge in [-0.05, 0) is 41.8 Å². The number of hydrogen-bond acceptors (Lipinski definition) is 2. The lowest BCUT2D eigenvalue weighted by molar-refractivity contribution is -0.124. The average molecular weight is 273 g/mol. The summed E-state index contributed by atoms with van der Waals surface area (Å²) in [6.45, 7) is 2.05. The number of benzene rings is 2. The Morgan fingerprint density at radius 1 is 1.15 bits per heavy atom. The minimum Gasteiger partial charge on any atom is -0.378 e. The fourth-order valence-corrected chi connectivity index (χ4v) is 1.83. The Morgan fingerprint density at radius 3 is 2.30 bits per heavy atom. The number of anilines is 1. The largest absolute Gasteiger partial charge is 0.378 e. The van der Waals surface area contributed by atoms with E-state index in [9.17, 15) is 14.3 Å². The van der Waals surface area contributed by atoms with Gasteiger partial charge in [-0.2, -0.15) is 0 Å². The van der Waals surface area contributed by atoms with E-state index in [0.29, 0.717) is 11.3 Å². The molecule has 2 aromatic carbocycles. The van der Waals surface area contributed by atoms with Crippen molar-refractivity contribution in [2.24, 2.45) is 0 Å². The van der Waals surface area contributed by atoms with Gasteiger partial charge in [-0.25, -0.2) is 4.39 Å². The highest BCUT2D eigenvalue weighted by atomic mass is 19.1. The average Bonchev–Trinajstić information content (AvgIpc) is 2.48. The first kappa shape index (κ1) is 14.2. The van der Waals surface area contributed by atoms with Crippen molar-refractivity contribution in [3.05, 3.63) is 65.5 Å². The van der Waals surface area contributed by atoms with Gasteiger partial charge in [-0.15, -0.1) is 0 Å². The Balaban J connectivity index is 2.05. The van der Waals surface area contributed by atoms with Gasteiger partial charge in [0.05, 0.1) is 0 Å². The third-order valence-electron chi connectivity index (χ3n) is 3.06. The second kappa shape index (κ2) is 6.30. The highest BCUT2D eigenvalue weighted by Gasteiger charge is 2.17. The van der Waals surface area contributed by atoms with Gasteiger partial charge in [0, 0.05) is 5.69 Å². The molecule has 1 atom stereocenters. The second-order valence-corrected chi connectivity index (χ2v) is 4.49. The van der Waals surface area contributed by atoms with Gasteiger partial charge >= 0.3 is 0 Å². The van der Waals surface area contributed by atoms with Crippen LogP contribution in [0.25, 0.3) is 0 Å². The highest BCUT2D eigenvalue weighted by Crippen LogP contribution is 2.17. The molecule has 0 bridgehead atoms. The molecule has 0 aliphatic heterocycles. The number of carbonyl (C=O) groups excluding carboxylic acids is 1. The van der Waals surface area contributed by atoms with Crippen LogP contribution in [0.3, 0.4) is 0 Å². The van der Waals surface area contributed by atoms with Crippen molar-refractivity contribution in [3.63, 3.8) is 0 Å². The zero-order chi connectivity index (χ0) is 14.5. The molecular weight excluding hydrogens is 257 g/mol. The zero-order valence-electron chi connectivity index (χ0n) is 11.1. The lowest BCUT2D eigenvalue weighted by Gasteiger charge is -2.12. The maximum Gasteiger partial charge on any atom is 0.257 e. The molecule has 0 aromatic heterocycles. The predicted molar refractivity (Wildman–Crippen MR) is 75.8 cm³/mol. The standard InChI is InChI=1S/C16H16FNO2/c1-2-11-3-9-14(10-4-11)18-16(20)15(19)12-5-7-13(17)8-6-12/h3-10,15,19H,2H2,1H3,(H,18,20). The van der Waals surface area contributed by atoms with Gasteiger partial charge in [-0.1, -0.05) is 31.2 Å². The lowest BCUT2D eigenvalue weighted by atomic mass is 10.1. The molecule has 3 nitrogen and oxygen atoms in total. The van der Waals surface area contributed by atoms with E-state index < -0.39 is 17.8 Å². The van der Waals surface area contributed by atoms with Gasteiger partial charge in [0.15, 0.2) is 6.10 Å². The number of aliphatic hydroxyl groups excluding tert-OH is 1. The Bertz CT molecular complexity index is 578. The van der Waals surface area contributed by atoms with E-state index in [1.54, 1.807) is 12.1 Å². The first-order valence-electron chi connectivity index (χ1n) is 6.43. The molecule has 0 fully saturated rings. The number of amides is 1. The summed E-state index contributed by atoms with van der Waals surface area (Å²) < 4.78 is 12.8. The fraction of sp³-hybridized carbons (Fsp3) is 0.188. The fourth-order valence-electron chi connectivity index (χ4n) is 1.83. The summed E-state index contributed by atoms with van der Waals surface area (Å²) in [4.78, 5) is 11.9. The Hall–Kier alpha value is -2.20. The number of nitrogens with one attached hydrogen (secondary N) is 1. The number of hydrogen-bond donors (Lipinski definition) is 2. The molecule has 0 saturated carbocycles. The summed E-state index contributed by atoms with van der Waals surface area (Å²) in [5.74, 6) is -0.947. The predicted octanol–water partition coefficient (Wildman–Crippen LogP) is 3.06. The van der Waals surface area contributed by atoms with Gasteiger partial charge < -0.3 is 10.4 Å². The Kier molecular flexibility index (Phi) is 4.48.